The molecule has 4 saturated carbocycles. The fourth-order valence-electron chi connectivity index (χ4n) is 10.0. The topological polar surface area (TPSA) is 49.3 Å². The molecular formula is C32H57BrN2O2. The van der Waals surface area contributed by atoms with Crippen LogP contribution >= 0.6 is 0 Å². The van der Waals surface area contributed by atoms with Gasteiger partial charge in [-0.1, -0.05) is 27.4 Å². The van der Waals surface area contributed by atoms with Gasteiger partial charge < -0.3 is 31.9 Å². The number of rotatable bonds is 10. The average Bonchev–Trinajstić information content (AvgIpc) is 3.18. The maximum atomic E-state index is 12.6. The molecule has 4 nitrogen and oxygen atoms in total. The zero-order valence-corrected chi connectivity index (χ0v) is 26.2. The molecule has 9 atom stereocenters. The van der Waals surface area contributed by atoms with Crippen molar-refractivity contribution in [2.45, 2.75) is 104 Å². The molecular weight excluding hydrogens is 524 g/mol. The highest BCUT2D eigenvalue weighted by Gasteiger charge is 2.60. The van der Waals surface area contributed by atoms with Gasteiger partial charge in [-0.25, -0.2) is 0 Å². The minimum absolute atomic E-state index is 0. The van der Waals surface area contributed by atoms with Crippen LogP contribution in [0, 0.1) is 46.3 Å². The van der Waals surface area contributed by atoms with Gasteiger partial charge in [0.25, 0.3) is 0 Å². The molecule has 1 amide bonds. The summed E-state index contributed by atoms with van der Waals surface area (Å²) in [5.41, 5.74) is 0.925. The van der Waals surface area contributed by atoms with E-state index in [9.17, 15) is 9.90 Å². The van der Waals surface area contributed by atoms with Crippen molar-refractivity contribution < 1.29 is 31.4 Å². The van der Waals surface area contributed by atoms with Crippen molar-refractivity contribution in [3.05, 3.63) is 12.7 Å². The van der Waals surface area contributed by atoms with Crippen LogP contribution in [0.15, 0.2) is 12.7 Å². The number of aliphatic hydroxyl groups excluding tert-OH is 1. The van der Waals surface area contributed by atoms with Gasteiger partial charge in [-0.05, 0) is 117 Å². The van der Waals surface area contributed by atoms with Crippen LogP contribution in [0.3, 0.4) is 0 Å². The first-order valence-electron chi connectivity index (χ1n) is 15.4. The van der Waals surface area contributed by atoms with Gasteiger partial charge in [0, 0.05) is 19.4 Å². The smallest absolute Gasteiger partial charge is 0.220 e. The van der Waals surface area contributed by atoms with Crippen LogP contribution in [0.1, 0.15) is 97.8 Å². The average molecular weight is 582 g/mol. The summed E-state index contributed by atoms with van der Waals surface area (Å²) in [6.45, 7) is 14.3. The molecule has 214 valence electrons. The lowest BCUT2D eigenvalue weighted by atomic mass is 9.44. The van der Waals surface area contributed by atoms with Gasteiger partial charge >= 0.3 is 0 Å². The van der Waals surface area contributed by atoms with Gasteiger partial charge in [-0.15, -0.1) is 0 Å². The van der Waals surface area contributed by atoms with E-state index in [4.69, 9.17) is 0 Å². The van der Waals surface area contributed by atoms with E-state index in [-0.39, 0.29) is 29.0 Å². The summed E-state index contributed by atoms with van der Waals surface area (Å²) < 4.78 is 0.932. The molecule has 0 spiro atoms. The summed E-state index contributed by atoms with van der Waals surface area (Å²) in [5.74, 6) is 5.02. The molecule has 4 unspecified atom stereocenters. The Hall–Kier alpha value is -0.390. The van der Waals surface area contributed by atoms with Crippen LogP contribution in [-0.4, -0.2) is 55.3 Å². The second-order valence-corrected chi connectivity index (χ2v) is 14.7. The highest BCUT2D eigenvalue weighted by atomic mass is 79.9. The highest BCUT2D eigenvalue weighted by Crippen LogP contribution is 2.68. The van der Waals surface area contributed by atoms with Crippen molar-refractivity contribution in [3.8, 4) is 0 Å². The standard InChI is InChI=1S/C32H56N2O2.BrH/c1-7-20-34(5,6)21-8-19-33-30(36)14-9-23(2)27-12-13-28-26-11-10-24-22-25(35)15-17-31(24,3)29(26)16-18-32(27,28)4;/h7,23-29,35H,1,8-22H2,2-6H3;1H/t23-,24?,25-,26?,27-,28?,29?,31+,32-;/m1./s1. The van der Waals surface area contributed by atoms with Crippen molar-refractivity contribution in [1.82, 2.24) is 5.32 Å². The Kier molecular flexibility index (Phi) is 10.5. The molecule has 0 aromatic heterocycles. The quantitative estimate of drug-likeness (QED) is 0.237. The molecule has 0 heterocycles. The highest BCUT2D eigenvalue weighted by molar-refractivity contribution is 5.75. The summed E-state index contributed by atoms with van der Waals surface area (Å²) in [7, 11) is 4.44. The van der Waals surface area contributed by atoms with E-state index in [0.717, 1.165) is 79.4 Å². The lowest BCUT2D eigenvalue weighted by Gasteiger charge is -2.61. The van der Waals surface area contributed by atoms with E-state index in [2.05, 4.69) is 46.8 Å². The van der Waals surface area contributed by atoms with Gasteiger partial charge in [0.05, 0.1) is 33.3 Å². The van der Waals surface area contributed by atoms with Crippen molar-refractivity contribution in [2.75, 3.05) is 33.7 Å². The van der Waals surface area contributed by atoms with Crippen LogP contribution in [0.4, 0.5) is 0 Å². The third-order valence-corrected chi connectivity index (χ3v) is 12.1. The summed E-state index contributed by atoms with van der Waals surface area (Å²) >= 11 is 0. The van der Waals surface area contributed by atoms with E-state index in [1.54, 1.807) is 0 Å². The second-order valence-electron chi connectivity index (χ2n) is 14.7. The number of amides is 1. The number of hydrogen-bond acceptors (Lipinski definition) is 2. The summed E-state index contributed by atoms with van der Waals surface area (Å²) in [6.07, 6.45) is 16.2. The van der Waals surface area contributed by atoms with E-state index in [1.807, 2.05) is 6.08 Å². The summed E-state index contributed by atoms with van der Waals surface area (Å²) in [5, 5.41) is 13.5. The first kappa shape index (κ1) is 31.1. The first-order chi connectivity index (χ1) is 17.0. The number of fused-ring (bicyclic) bond motifs is 5. The van der Waals surface area contributed by atoms with Crippen LogP contribution in [0.2, 0.25) is 0 Å². The van der Waals surface area contributed by atoms with Gasteiger partial charge in [0.15, 0.2) is 0 Å². The van der Waals surface area contributed by atoms with Gasteiger partial charge in [0.1, 0.15) is 0 Å². The van der Waals surface area contributed by atoms with Gasteiger partial charge in [0.2, 0.25) is 5.91 Å². The largest absolute Gasteiger partial charge is 1.00 e. The fourth-order valence-corrected chi connectivity index (χ4v) is 10.0. The Balaban J connectivity index is 0.00000380. The fraction of sp³-hybridized carbons (Fsp3) is 0.906. The van der Waals surface area contributed by atoms with Crippen molar-refractivity contribution in [3.63, 3.8) is 0 Å². The Labute approximate surface area is 238 Å². The van der Waals surface area contributed by atoms with Crippen LogP contribution in [0.25, 0.3) is 0 Å². The molecule has 0 aliphatic heterocycles. The third kappa shape index (κ3) is 6.51. The maximum absolute atomic E-state index is 12.6. The number of quaternary nitrogens is 1. The number of carbonyl (C=O) groups excluding carboxylic acids is 1. The van der Waals surface area contributed by atoms with E-state index in [0.29, 0.717) is 23.2 Å². The molecule has 4 fully saturated rings. The monoisotopic (exact) mass is 580 g/mol. The molecule has 37 heavy (non-hydrogen) atoms. The molecule has 0 aromatic carbocycles. The zero-order valence-electron chi connectivity index (χ0n) is 24.6. The van der Waals surface area contributed by atoms with Gasteiger partial charge in [-0.3, -0.25) is 4.79 Å². The molecule has 0 saturated heterocycles. The van der Waals surface area contributed by atoms with Crippen LogP contribution in [0.5, 0.6) is 0 Å². The number of aliphatic hydroxyl groups is 1. The minimum atomic E-state index is -0.0503. The maximum Gasteiger partial charge on any atom is 0.220 e. The zero-order chi connectivity index (χ0) is 26.1. The number of likely N-dealkylation sites (N-methyl/N-ethyl adjacent to an activating group) is 1. The van der Waals surface area contributed by atoms with Gasteiger partial charge in [-0.2, -0.15) is 0 Å². The number of nitrogens with one attached hydrogen (secondary N) is 1. The number of halogens is 1. The normalized spacial score (nSPS) is 39.9. The Morgan fingerprint density at radius 3 is 2.51 bits per heavy atom. The second kappa shape index (κ2) is 12.4. The van der Waals surface area contributed by atoms with Crippen molar-refractivity contribution >= 4 is 5.91 Å². The third-order valence-electron chi connectivity index (χ3n) is 12.1. The molecule has 5 heteroatoms. The summed E-state index contributed by atoms with van der Waals surface area (Å²) in [6, 6.07) is 0. The van der Waals surface area contributed by atoms with E-state index < -0.39 is 0 Å². The first-order valence-corrected chi connectivity index (χ1v) is 15.4. The molecule has 4 rings (SSSR count). The minimum Gasteiger partial charge on any atom is -1.00 e. The SMILES string of the molecule is C=CC[N+](C)(C)CCCNC(=O)CC[C@@H](C)[C@H]1CCC2C3CCC4C[C@H](O)CC[C@]4(C)C3CC[C@@]21C.[Br-]. The molecule has 0 aromatic rings. The lowest BCUT2D eigenvalue weighted by Crippen LogP contribution is -3.00. The number of nitrogens with zero attached hydrogens (tertiary/aromatic N) is 1. The Morgan fingerprint density at radius 2 is 1.78 bits per heavy atom. The number of hydrogen-bond donors (Lipinski definition) is 2. The molecule has 0 radical (unpaired) electrons. The number of carbonyl (C=O) groups is 1. The van der Waals surface area contributed by atoms with Crippen LogP contribution in [-0.2, 0) is 4.79 Å². The van der Waals surface area contributed by atoms with Crippen molar-refractivity contribution in [1.29, 1.82) is 0 Å². The molecule has 2 N–H and O–H groups in total. The van der Waals surface area contributed by atoms with Crippen LogP contribution < -0.4 is 22.3 Å². The van der Waals surface area contributed by atoms with E-state index in [1.165, 1.54) is 44.9 Å². The predicted octanol–water partition coefficient (Wildman–Crippen LogP) is 3.20. The lowest BCUT2D eigenvalue weighted by molar-refractivity contribution is -0.884. The molecule has 4 aliphatic carbocycles. The summed E-state index contributed by atoms with van der Waals surface area (Å²) in [4.78, 5) is 12.6. The molecule has 4 aliphatic rings. The van der Waals surface area contributed by atoms with E-state index >= 15 is 0 Å². The Morgan fingerprint density at radius 1 is 1.08 bits per heavy atom. The van der Waals surface area contributed by atoms with Crippen molar-refractivity contribution in [2.24, 2.45) is 46.3 Å². The Bertz CT molecular complexity index is 787. The molecule has 0 bridgehead atoms. The predicted molar refractivity (Wildman–Crippen MR) is 149 cm³/mol.